The summed E-state index contributed by atoms with van der Waals surface area (Å²) in [5, 5.41) is 18.8. The normalized spacial score (nSPS) is 10.2. The molecule has 2 heteroatoms. The average Bonchev–Trinajstić information content (AvgIpc) is 2.30. The molecule has 0 unspecified atom stereocenters. The van der Waals surface area contributed by atoms with Gasteiger partial charge in [0.2, 0.25) is 0 Å². The highest BCUT2D eigenvalue weighted by molar-refractivity contribution is 5.72. The average molecular weight is 199 g/mol. The summed E-state index contributed by atoms with van der Waals surface area (Å²) in [6.45, 7) is -0.0433. The summed E-state index contributed by atoms with van der Waals surface area (Å²) >= 11 is 0. The maximum absolute atomic E-state index is 9.67. The zero-order valence-electron chi connectivity index (χ0n) is 8.14. The molecule has 2 rings (SSSR count). The Morgan fingerprint density at radius 2 is 1.87 bits per heavy atom. The predicted octanol–water partition coefficient (Wildman–Crippen LogP) is 2.35. The zero-order valence-corrected chi connectivity index (χ0v) is 8.14. The number of phenolic OH excluding ortho intramolecular Hbond substituents is 1. The topological polar surface area (TPSA) is 40.5 Å². The Labute approximate surface area is 88.4 Å². The van der Waals surface area contributed by atoms with Gasteiger partial charge < -0.3 is 10.2 Å². The van der Waals surface area contributed by atoms with Gasteiger partial charge >= 0.3 is 0 Å². The van der Waals surface area contributed by atoms with Crippen LogP contribution in [-0.4, -0.2) is 10.2 Å². The monoisotopic (exact) mass is 199 g/mol. The van der Waals surface area contributed by atoms with E-state index in [0.717, 1.165) is 11.1 Å². The van der Waals surface area contributed by atoms with E-state index < -0.39 is 0 Å². The van der Waals surface area contributed by atoms with Crippen molar-refractivity contribution in [3.63, 3.8) is 0 Å². The summed E-state index contributed by atoms with van der Waals surface area (Å²) in [5.41, 5.74) is 2.23. The Morgan fingerprint density at radius 3 is 2.60 bits per heavy atom. The van der Waals surface area contributed by atoms with Gasteiger partial charge in [-0.2, -0.15) is 0 Å². The van der Waals surface area contributed by atoms with Crippen molar-refractivity contribution in [2.75, 3.05) is 0 Å². The van der Waals surface area contributed by atoms with Crippen molar-refractivity contribution in [2.45, 2.75) is 6.61 Å². The van der Waals surface area contributed by atoms with E-state index in [9.17, 15) is 10.2 Å². The van der Waals surface area contributed by atoms with Gasteiger partial charge in [-0.15, -0.1) is 0 Å². The van der Waals surface area contributed by atoms with E-state index in [1.807, 2.05) is 24.3 Å². The number of benzene rings is 2. The first-order valence-electron chi connectivity index (χ1n) is 4.71. The minimum absolute atomic E-state index is 0.0433. The van der Waals surface area contributed by atoms with Crippen molar-refractivity contribution >= 4 is 0 Å². The minimum atomic E-state index is -0.0433. The van der Waals surface area contributed by atoms with Crippen LogP contribution in [0.3, 0.4) is 0 Å². The number of aliphatic hydroxyl groups is 1. The molecule has 0 saturated heterocycles. The number of rotatable bonds is 2. The van der Waals surface area contributed by atoms with Crippen molar-refractivity contribution in [1.82, 2.24) is 0 Å². The van der Waals surface area contributed by atoms with Gasteiger partial charge in [0.25, 0.3) is 0 Å². The molecule has 75 valence electrons. The summed E-state index contributed by atoms with van der Waals surface area (Å²) in [4.78, 5) is 0. The van der Waals surface area contributed by atoms with Crippen molar-refractivity contribution in [2.24, 2.45) is 0 Å². The molecule has 2 N–H and O–H groups in total. The second-order valence-corrected chi connectivity index (χ2v) is 3.25. The third-order valence-corrected chi connectivity index (χ3v) is 2.29. The van der Waals surface area contributed by atoms with Crippen molar-refractivity contribution in [1.29, 1.82) is 0 Å². The highest BCUT2D eigenvalue weighted by Crippen LogP contribution is 2.30. The van der Waals surface area contributed by atoms with Crippen molar-refractivity contribution < 1.29 is 10.2 Å². The molecule has 0 saturated carbocycles. The molecule has 2 aromatic rings. The maximum Gasteiger partial charge on any atom is 0.124 e. The van der Waals surface area contributed by atoms with Crippen LogP contribution in [-0.2, 0) is 6.61 Å². The van der Waals surface area contributed by atoms with Gasteiger partial charge in [-0.05, 0) is 23.3 Å². The first-order valence-corrected chi connectivity index (χ1v) is 4.71. The molecule has 0 aliphatic carbocycles. The highest BCUT2D eigenvalue weighted by atomic mass is 16.3. The number of aromatic hydroxyl groups is 1. The van der Waals surface area contributed by atoms with Crippen LogP contribution >= 0.6 is 0 Å². The maximum atomic E-state index is 9.67. The van der Waals surface area contributed by atoms with Crippen LogP contribution in [0, 0.1) is 6.07 Å². The molecular weight excluding hydrogens is 188 g/mol. The second kappa shape index (κ2) is 4.15. The molecular formula is C13H11O2. The van der Waals surface area contributed by atoms with E-state index in [1.165, 1.54) is 0 Å². The highest BCUT2D eigenvalue weighted by Gasteiger charge is 2.07. The van der Waals surface area contributed by atoms with Crippen LogP contribution in [0.2, 0.25) is 0 Å². The Morgan fingerprint density at radius 1 is 1.07 bits per heavy atom. The lowest BCUT2D eigenvalue weighted by atomic mass is 9.99. The Kier molecular flexibility index (Phi) is 2.70. The van der Waals surface area contributed by atoms with Crippen LogP contribution in [0.25, 0.3) is 11.1 Å². The van der Waals surface area contributed by atoms with E-state index in [-0.39, 0.29) is 12.4 Å². The fraction of sp³-hybridized carbons (Fsp3) is 0.0769. The Bertz CT molecular complexity index is 464. The molecule has 1 radical (unpaired) electrons. The summed E-state index contributed by atoms with van der Waals surface area (Å²) in [5.74, 6) is 0.179. The van der Waals surface area contributed by atoms with Crippen LogP contribution < -0.4 is 0 Å². The molecule has 0 heterocycles. The quantitative estimate of drug-likeness (QED) is 0.779. The van der Waals surface area contributed by atoms with Crippen LogP contribution in [0.4, 0.5) is 0 Å². The third-order valence-electron chi connectivity index (χ3n) is 2.29. The summed E-state index contributed by atoms with van der Waals surface area (Å²) in [7, 11) is 0. The molecule has 0 aliphatic rings. The van der Waals surface area contributed by atoms with E-state index in [0.29, 0.717) is 5.56 Å². The molecule has 2 aromatic carbocycles. The van der Waals surface area contributed by atoms with E-state index in [1.54, 1.807) is 18.2 Å². The number of phenols is 1. The predicted molar refractivity (Wildman–Crippen MR) is 58.3 cm³/mol. The van der Waals surface area contributed by atoms with Gasteiger partial charge in [0, 0.05) is 5.56 Å². The first kappa shape index (κ1) is 9.74. The fourth-order valence-electron chi connectivity index (χ4n) is 1.55. The summed E-state index contributed by atoms with van der Waals surface area (Å²) < 4.78 is 0. The van der Waals surface area contributed by atoms with Gasteiger partial charge in [0.1, 0.15) is 5.75 Å². The van der Waals surface area contributed by atoms with Gasteiger partial charge in [-0.1, -0.05) is 36.4 Å². The molecule has 0 aliphatic heterocycles. The number of hydrogen-bond donors (Lipinski definition) is 2. The summed E-state index contributed by atoms with van der Waals surface area (Å²) in [6, 6.07) is 15.5. The van der Waals surface area contributed by atoms with Gasteiger partial charge in [-0.25, -0.2) is 0 Å². The molecule has 0 amide bonds. The lowest BCUT2D eigenvalue weighted by Crippen LogP contribution is -1.89. The van der Waals surface area contributed by atoms with Gasteiger partial charge in [-0.3, -0.25) is 0 Å². The van der Waals surface area contributed by atoms with Crippen molar-refractivity contribution in [3.05, 3.63) is 54.1 Å². The summed E-state index contributed by atoms with van der Waals surface area (Å²) in [6.07, 6.45) is 0. The van der Waals surface area contributed by atoms with Crippen LogP contribution in [0.1, 0.15) is 5.56 Å². The minimum Gasteiger partial charge on any atom is -0.507 e. The van der Waals surface area contributed by atoms with Gasteiger partial charge in [0.05, 0.1) is 6.61 Å². The largest absolute Gasteiger partial charge is 0.507 e. The van der Waals surface area contributed by atoms with Crippen molar-refractivity contribution in [3.8, 4) is 16.9 Å². The standard InChI is InChI=1S/C13H11O2/c14-9-10-5-1-2-6-11(10)12-7-3-4-8-13(12)15/h1-6,8,14-15H,9H2. The lowest BCUT2D eigenvalue weighted by molar-refractivity contribution is 0.282. The SMILES string of the molecule is OCc1ccccc1-c1[c]cccc1O. The fourth-order valence-corrected chi connectivity index (χ4v) is 1.55. The van der Waals surface area contributed by atoms with Gasteiger partial charge in [0.15, 0.2) is 0 Å². The van der Waals surface area contributed by atoms with Crippen LogP contribution in [0.5, 0.6) is 5.75 Å². The first-order chi connectivity index (χ1) is 7.33. The molecule has 15 heavy (non-hydrogen) atoms. The van der Waals surface area contributed by atoms with E-state index in [4.69, 9.17) is 0 Å². The molecule has 0 aromatic heterocycles. The van der Waals surface area contributed by atoms with E-state index >= 15 is 0 Å². The smallest absolute Gasteiger partial charge is 0.124 e. The molecule has 0 spiro atoms. The molecule has 0 fully saturated rings. The Hall–Kier alpha value is -1.80. The third kappa shape index (κ3) is 1.85. The zero-order chi connectivity index (χ0) is 10.7. The lowest BCUT2D eigenvalue weighted by Gasteiger charge is -2.08. The molecule has 2 nitrogen and oxygen atoms in total. The number of aliphatic hydroxyl groups excluding tert-OH is 1. The molecule has 0 atom stereocenters. The van der Waals surface area contributed by atoms with Crippen LogP contribution in [0.15, 0.2) is 42.5 Å². The Balaban J connectivity index is 2.59. The molecule has 0 bridgehead atoms. The van der Waals surface area contributed by atoms with E-state index in [2.05, 4.69) is 6.07 Å². The second-order valence-electron chi connectivity index (χ2n) is 3.25. The number of hydrogen-bond acceptors (Lipinski definition) is 2.